The average molecular weight is 220 g/mol. The molecule has 0 unspecified atom stereocenters. The van der Waals surface area contributed by atoms with Crippen molar-refractivity contribution in [2.45, 2.75) is 13.3 Å². The van der Waals surface area contributed by atoms with Crippen LogP contribution in [0.25, 0.3) is 0 Å². The zero-order valence-corrected chi connectivity index (χ0v) is 9.40. The first-order valence-electron chi connectivity index (χ1n) is 5.53. The lowest BCUT2D eigenvalue weighted by molar-refractivity contribution is -0.117. The minimum absolute atomic E-state index is 0.0348. The van der Waals surface area contributed by atoms with Crippen molar-refractivity contribution < 1.29 is 9.53 Å². The molecule has 0 saturated heterocycles. The average Bonchev–Trinajstić information content (AvgIpc) is 2.73. The molecule has 0 aromatic heterocycles. The molecule has 1 heterocycles. The molecule has 1 aromatic rings. The van der Waals surface area contributed by atoms with Crippen molar-refractivity contribution in [1.29, 1.82) is 0 Å². The number of rotatable bonds is 3. The minimum atomic E-state index is -0.0348. The molecule has 1 aromatic carbocycles. The minimum Gasteiger partial charge on any atom is -0.494 e. The molecule has 4 nitrogen and oxygen atoms in total. The van der Waals surface area contributed by atoms with Crippen molar-refractivity contribution in [3.05, 3.63) is 23.8 Å². The topological polar surface area (TPSA) is 55.6 Å². The van der Waals surface area contributed by atoms with Gasteiger partial charge in [0.15, 0.2) is 0 Å². The lowest BCUT2D eigenvalue weighted by Crippen LogP contribution is -2.34. The van der Waals surface area contributed by atoms with Gasteiger partial charge in [-0.25, -0.2) is 0 Å². The second-order valence-corrected chi connectivity index (χ2v) is 3.69. The fourth-order valence-electron chi connectivity index (χ4n) is 2.06. The van der Waals surface area contributed by atoms with Gasteiger partial charge in [-0.2, -0.15) is 0 Å². The van der Waals surface area contributed by atoms with Crippen molar-refractivity contribution in [3.8, 4) is 5.75 Å². The molecular weight excluding hydrogens is 204 g/mol. The molecule has 86 valence electrons. The normalized spacial score (nSPS) is 13.8. The highest BCUT2D eigenvalue weighted by molar-refractivity contribution is 5.97. The Morgan fingerprint density at radius 1 is 1.56 bits per heavy atom. The van der Waals surface area contributed by atoms with Crippen molar-refractivity contribution in [3.63, 3.8) is 0 Å². The summed E-state index contributed by atoms with van der Waals surface area (Å²) in [6.45, 7) is 3.35. The first-order valence-corrected chi connectivity index (χ1v) is 5.53. The van der Waals surface area contributed by atoms with Crippen molar-refractivity contribution >= 4 is 11.6 Å². The fraction of sp³-hybridized carbons (Fsp3) is 0.417. The molecule has 1 aliphatic rings. The Hall–Kier alpha value is -1.55. The largest absolute Gasteiger partial charge is 0.494 e. The van der Waals surface area contributed by atoms with Crippen LogP contribution >= 0.6 is 0 Å². The van der Waals surface area contributed by atoms with E-state index >= 15 is 0 Å². The third-order valence-corrected chi connectivity index (χ3v) is 2.76. The molecule has 2 rings (SSSR count). The summed E-state index contributed by atoms with van der Waals surface area (Å²) in [5, 5.41) is 0. The predicted octanol–water partition coefficient (Wildman–Crippen LogP) is 0.933. The summed E-state index contributed by atoms with van der Waals surface area (Å²) >= 11 is 0. The van der Waals surface area contributed by atoms with E-state index in [4.69, 9.17) is 10.5 Å². The highest BCUT2D eigenvalue weighted by Gasteiger charge is 2.25. The van der Waals surface area contributed by atoms with Crippen LogP contribution in [0.4, 0.5) is 5.69 Å². The van der Waals surface area contributed by atoms with E-state index < -0.39 is 0 Å². The molecule has 16 heavy (non-hydrogen) atoms. The molecule has 1 aliphatic heterocycles. The van der Waals surface area contributed by atoms with Crippen LogP contribution in [0.2, 0.25) is 0 Å². The number of benzene rings is 1. The van der Waals surface area contributed by atoms with E-state index in [9.17, 15) is 4.79 Å². The van der Waals surface area contributed by atoms with Crippen LogP contribution in [0.1, 0.15) is 12.5 Å². The maximum Gasteiger partial charge on any atom is 0.240 e. The summed E-state index contributed by atoms with van der Waals surface area (Å²) in [5.41, 5.74) is 7.45. The molecule has 0 spiro atoms. The van der Waals surface area contributed by atoms with Gasteiger partial charge in [-0.15, -0.1) is 0 Å². The zero-order chi connectivity index (χ0) is 11.5. The van der Waals surface area contributed by atoms with Crippen LogP contribution in [-0.4, -0.2) is 25.6 Å². The van der Waals surface area contributed by atoms with Crippen LogP contribution < -0.4 is 15.4 Å². The monoisotopic (exact) mass is 220 g/mol. The summed E-state index contributed by atoms with van der Waals surface area (Å²) in [4.78, 5) is 13.3. The van der Waals surface area contributed by atoms with Crippen LogP contribution in [-0.2, 0) is 11.2 Å². The highest BCUT2D eigenvalue weighted by Crippen LogP contribution is 2.34. The molecule has 0 saturated carbocycles. The molecule has 0 atom stereocenters. The first-order chi connectivity index (χ1) is 7.77. The molecule has 0 fully saturated rings. The Labute approximate surface area is 95.0 Å². The first kappa shape index (κ1) is 11.0. The SMILES string of the molecule is CCOc1cccc2c1CCN2C(=O)CN. The number of nitrogens with two attached hydrogens (primary N) is 1. The van der Waals surface area contributed by atoms with Gasteiger partial charge in [0, 0.05) is 12.1 Å². The molecule has 2 N–H and O–H groups in total. The Balaban J connectivity index is 2.33. The maximum atomic E-state index is 11.6. The molecule has 1 amide bonds. The Morgan fingerprint density at radius 3 is 3.06 bits per heavy atom. The molecule has 4 heteroatoms. The number of amides is 1. The Bertz CT molecular complexity index is 404. The number of hydrogen-bond acceptors (Lipinski definition) is 3. The van der Waals surface area contributed by atoms with Gasteiger partial charge < -0.3 is 15.4 Å². The van der Waals surface area contributed by atoms with Gasteiger partial charge in [0.25, 0.3) is 0 Å². The highest BCUT2D eigenvalue weighted by atomic mass is 16.5. The van der Waals surface area contributed by atoms with Crippen LogP contribution in [0, 0.1) is 0 Å². The van der Waals surface area contributed by atoms with Crippen molar-refractivity contribution in [2.75, 3.05) is 24.6 Å². The fourth-order valence-corrected chi connectivity index (χ4v) is 2.06. The summed E-state index contributed by atoms with van der Waals surface area (Å²) in [6, 6.07) is 5.79. The van der Waals surface area contributed by atoms with Gasteiger partial charge in [0.1, 0.15) is 5.75 Å². The summed E-state index contributed by atoms with van der Waals surface area (Å²) < 4.78 is 5.54. The number of carbonyl (C=O) groups is 1. The second-order valence-electron chi connectivity index (χ2n) is 3.69. The van der Waals surface area contributed by atoms with Crippen molar-refractivity contribution in [1.82, 2.24) is 0 Å². The van der Waals surface area contributed by atoms with Gasteiger partial charge in [-0.1, -0.05) is 6.07 Å². The lowest BCUT2D eigenvalue weighted by atomic mass is 10.1. The van der Waals surface area contributed by atoms with E-state index in [1.54, 1.807) is 4.90 Å². The summed E-state index contributed by atoms with van der Waals surface area (Å²) in [7, 11) is 0. The van der Waals surface area contributed by atoms with Gasteiger partial charge >= 0.3 is 0 Å². The van der Waals surface area contributed by atoms with Crippen LogP contribution in [0.3, 0.4) is 0 Å². The molecular formula is C12H16N2O2. The molecule has 0 aliphatic carbocycles. The second kappa shape index (κ2) is 4.53. The van der Waals surface area contributed by atoms with Crippen molar-refractivity contribution in [2.24, 2.45) is 5.73 Å². The van der Waals surface area contributed by atoms with E-state index in [1.165, 1.54) is 0 Å². The van der Waals surface area contributed by atoms with Crippen LogP contribution in [0.5, 0.6) is 5.75 Å². The standard InChI is InChI=1S/C12H16N2O2/c1-2-16-11-5-3-4-10-9(11)6-7-14(10)12(15)8-13/h3-5H,2,6-8,13H2,1H3. The van der Waals surface area contributed by atoms with E-state index in [2.05, 4.69) is 0 Å². The number of nitrogens with zero attached hydrogens (tertiary/aromatic N) is 1. The van der Waals surface area contributed by atoms with E-state index in [1.807, 2.05) is 25.1 Å². The van der Waals surface area contributed by atoms with Gasteiger partial charge in [-0.05, 0) is 25.5 Å². The molecule has 0 radical (unpaired) electrons. The van der Waals surface area contributed by atoms with E-state index in [0.717, 1.165) is 23.4 Å². The summed E-state index contributed by atoms with van der Waals surface area (Å²) in [5.74, 6) is 0.847. The number of ether oxygens (including phenoxy) is 1. The number of hydrogen-bond donors (Lipinski definition) is 1. The molecule has 0 bridgehead atoms. The van der Waals surface area contributed by atoms with Gasteiger partial charge in [0.2, 0.25) is 5.91 Å². The van der Waals surface area contributed by atoms with E-state index in [-0.39, 0.29) is 12.5 Å². The van der Waals surface area contributed by atoms with Gasteiger partial charge in [-0.3, -0.25) is 4.79 Å². The smallest absolute Gasteiger partial charge is 0.240 e. The number of fused-ring (bicyclic) bond motifs is 1. The van der Waals surface area contributed by atoms with Crippen LogP contribution in [0.15, 0.2) is 18.2 Å². The zero-order valence-electron chi connectivity index (χ0n) is 9.40. The number of anilines is 1. The van der Waals surface area contributed by atoms with E-state index in [0.29, 0.717) is 13.2 Å². The Kier molecular flexibility index (Phi) is 3.10. The summed E-state index contributed by atoms with van der Waals surface area (Å²) in [6.07, 6.45) is 0.844. The quantitative estimate of drug-likeness (QED) is 0.824. The maximum absolute atomic E-state index is 11.6. The number of carbonyl (C=O) groups excluding carboxylic acids is 1. The third-order valence-electron chi connectivity index (χ3n) is 2.76. The predicted molar refractivity (Wildman–Crippen MR) is 62.7 cm³/mol. The third kappa shape index (κ3) is 1.76. The lowest BCUT2D eigenvalue weighted by Gasteiger charge is -2.16. The van der Waals surface area contributed by atoms with Gasteiger partial charge in [0.05, 0.1) is 18.8 Å². The Morgan fingerprint density at radius 2 is 2.38 bits per heavy atom.